The van der Waals surface area contributed by atoms with Crippen molar-refractivity contribution in [1.82, 2.24) is 0 Å². The number of nitrogens with zero attached hydrogens (tertiary/aromatic N) is 1. The lowest BCUT2D eigenvalue weighted by Crippen LogP contribution is -2.20. The second-order valence-electron chi connectivity index (χ2n) is 3.35. The van der Waals surface area contributed by atoms with E-state index in [-0.39, 0.29) is 0 Å². The van der Waals surface area contributed by atoms with Crippen molar-refractivity contribution in [2.75, 3.05) is 18.0 Å². The summed E-state index contributed by atoms with van der Waals surface area (Å²) in [5, 5.41) is 2.16. The Kier molecular flexibility index (Phi) is 5.54. The monoisotopic (exact) mass is 231 g/mol. The van der Waals surface area contributed by atoms with Crippen LogP contribution in [0.2, 0.25) is 0 Å². The van der Waals surface area contributed by atoms with Crippen LogP contribution in [-0.4, -0.2) is 13.1 Å². The van der Waals surface area contributed by atoms with Gasteiger partial charge in [0.05, 0.1) is 4.88 Å². The molecule has 16 heavy (non-hydrogen) atoms. The van der Waals surface area contributed by atoms with Crippen molar-refractivity contribution in [2.45, 2.75) is 26.7 Å². The van der Waals surface area contributed by atoms with E-state index in [0.717, 1.165) is 30.8 Å². The number of hydrogen-bond donors (Lipinski definition) is 0. The molecule has 0 unspecified atom stereocenters. The Morgan fingerprint density at radius 3 is 2.69 bits per heavy atom. The molecule has 0 atom stereocenters. The fourth-order valence-corrected chi connectivity index (χ4v) is 2.22. The molecule has 1 rings (SSSR count). The molecule has 0 aromatic carbocycles. The van der Waals surface area contributed by atoms with E-state index >= 15 is 0 Å². The first kappa shape index (κ1) is 12.7. The summed E-state index contributed by atoms with van der Waals surface area (Å²) >= 11 is 1.70. The number of terminal acetylenes is 1. The van der Waals surface area contributed by atoms with Crippen molar-refractivity contribution in [1.29, 1.82) is 0 Å². The molecule has 84 valence electrons. The molecule has 0 spiro atoms. The Hall–Kier alpha value is -1.38. The first-order chi connectivity index (χ1) is 7.81. The summed E-state index contributed by atoms with van der Waals surface area (Å²) < 4.78 is 0. The van der Waals surface area contributed by atoms with Crippen LogP contribution in [0.25, 0.3) is 0 Å². The maximum atomic E-state index is 5.17. The van der Waals surface area contributed by atoms with Gasteiger partial charge in [0, 0.05) is 37.0 Å². The molecular formula is C14H17NS. The highest BCUT2D eigenvalue weighted by atomic mass is 32.1. The van der Waals surface area contributed by atoms with Crippen molar-refractivity contribution < 1.29 is 0 Å². The molecule has 0 aliphatic rings. The molecule has 0 aliphatic carbocycles. The summed E-state index contributed by atoms with van der Waals surface area (Å²) in [5.74, 6) is 8.83. The zero-order valence-corrected chi connectivity index (χ0v) is 10.7. The molecule has 0 aliphatic heterocycles. The zero-order chi connectivity index (χ0) is 11.8. The number of anilines is 1. The van der Waals surface area contributed by atoms with E-state index in [4.69, 9.17) is 6.42 Å². The standard InChI is InChI=1S/C14H17NS/c1-4-7-8-9-10-14-11-13(12-16-14)15(5-2)6-3/h1,11-12H,5-8H2,2-3H3. The van der Waals surface area contributed by atoms with Crippen LogP contribution >= 0.6 is 11.3 Å². The molecule has 1 heterocycles. The molecule has 0 bridgehead atoms. The van der Waals surface area contributed by atoms with Gasteiger partial charge >= 0.3 is 0 Å². The third kappa shape index (κ3) is 3.65. The van der Waals surface area contributed by atoms with Crippen molar-refractivity contribution >= 4 is 17.0 Å². The Bertz CT molecular complexity index is 410. The second kappa shape index (κ2) is 6.99. The minimum atomic E-state index is 0.737. The van der Waals surface area contributed by atoms with Crippen LogP contribution in [0.1, 0.15) is 31.6 Å². The zero-order valence-electron chi connectivity index (χ0n) is 9.92. The van der Waals surface area contributed by atoms with Gasteiger partial charge in [0.1, 0.15) is 0 Å². The SMILES string of the molecule is C#CCCC#Cc1cc(N(CC)CC)cs1. The first-order valence-electron chi connectivity index (χ1n) is 5.57. The molecule has 0 N–H and O–H groups in total. The first-order valence-corrected chi connectivity index (χ1v) is 6.45. The predicted molar refractivity (Wildman–Crippen MR) is 72.8 cm³/mol. The van der Waals surface area contributed by atoms with Gasteiger partial charge in [-0.25, -0.2) is 0 Å². The van der Waals surface area contributed by atoms with Gasteiger partial charge < -0.3 is 4.90 Å². The topological polar surface area (TPSA) is 3.24 Å². The van der Waals surface area contributed by atoms with Crippen LogP contribution in [0.4, 0.5) is 5.69 Å². The molecular weight excluding hydrogens is 214 g/mol. The summed E-state index contributed by atoms with van der Waals surface area (Å²) in [4.78, 5) is 3.45. The van der Waals surface area contributed by atoms with Gasteiger partial charge in [0.25, 0.3) is 0 Å². The van der Waals surface area contributed by atoms with Crippen LogP contribution in [0.3, 0.4) is 0 Å². The van der Waals surface area contributed by atoms with Gasteiger partial charge in [0.15, 0.2) is 0 Å². The number of unbranched alkanes of at least 4 members (excludes halogenated alkanes) is 1. The van der Waals surface area contributed by atoms with Crippen molar-refractivity contribution in [3.8, 4) is 24.2 Å². The highest BCUT2D eigenvalue weighted by Crippen LogP contribution is 2.22. The van der Waals surface area contributed by atoms with E-state index in [9.17, 15) is 0 Å². The fraction of sp³-hybridized carbons (Fsp3) is 0.429. The molecule has 1 aromatic rings. The molecule has 0 saturated carbocycles. The molecule has 0 amide bonds. The Labute approximate surface area is 102 Å². The third-order valence-electron chi connectivity index (χ3n) is 2.32. The van der Waals surface area contributed by atoms with E-state index in [1.165, 1.54) is 5.69 Å². The lowest BCUT2D eigenvalue weighted by molar-refractivity contribution is 0.869. The second-order valence-corrected chi connectivity index (χ2v) is 4.26. The van der Waals surface area contributed by atoms with Gasteiger partial charge in [-0.05, 0) is 19.9 Å². The highest BCUT2D eigenvalue weighted by Gasteiger charge is 2.03. The summed E-state index contributed by atoms with van der Waals surface area (Å²) in [6.07, 6.45) is 6.69. The van der Waals surface area contributed by atoms with Crippen LogP contribution in [0, 0.1) is 24.2 Å². The van der Waals surface area contributed by atoms with E-state index in [2.05, 4.69) is 48.0 Å². The average molecular weight is 231 g/mol. The minimum Gasteiger partial charge on any atom is -0.371 e. The lowest BCUT2D eigenvalue weighted by Gasteiger charge is -2.18. The Balaban J connectivity index is 2.63. The van der Waals surface area contributed by atoms with Gasteiger partial charge in [-0.3, -0.25) is 0 Å². The smallest absolute Gasteiger partial charge is 0.0789 e. The molecule has 0 fully saturated rings. The molecule has 0 saturated heterocycles. The van der Waals surface area contributed by atoms with Crippen LogP contribution in [0.15, 0.2) is 11.4 Å². The van der Waals surface area contributed by atoms with Gasteiger partial charge in [-0.2, -0.15) is 0 Å². The average Bonchev–Trinajstić information content (AvgIpc) is 2.75. The van der Waals surface area contributed by atoms with Crippen molar-refractivity contribution in [3.63, 3.8) is 0 Å². The molecule has 0 radical (unpaired) electrons. The van der Waals surface area contributed by atoms with Crippen LogP contribution in [0.5, 0.6) is 0 Å². The normalized spacial score (nSPS) is 9.06. The van der Waals surface area contributed by atoms with E-state index < -0.39 is 0 Å². The molecule has 1 aromatic heterocycles. The van der Waals surface area contributed by atoms with Gasteiger partial charge in [-0.1, -0.05) is 11.8 Å². The maximum absolute atomic E-state index is 5.17. The summed E-state index contributed by atoms with van der Waals surface area (Å²) in [5.41, 5.74) is 1.27. The lowest BCUT2D eigenvalue weighted by atomic mass is 10.3. The maximum Gasteiger partial charge on any atom is 0.0789 e. The van der Waals surface area contributed by atoms with Gasteiger partial charge in [-0.15, -0.1) is 23.7 Å². The van der Waals surface area contributed by atoms with Gasteiger partial charge in [0.2, 0.25) is 0 Å². The van der Waals surface area contributed by atoms with E-state index in [0.29, 0.717) is 0 Å². The largest absolute Gasteiger partial charge is 0.371 e. The number of hydrogen-bond acceptors (Lipinski definition) is 2. The highest BCUT2D eigenvalue weighted by molar-refractivity contribution is 7.11. The molecule has 2 heteroatoms. The molecule has 1 nitrogen and oxygen atoms in total. The van der Waals surface area contributed by atoms with E-state index in [1.54, 1.807) is 11.3 Å². The Morgan fingerprint density at radius 1 is 1.31 bits per heavy atom. The Morgan fingerprint density at radius 2 is 2.06 bits per heavy atom. The third-order valence-corrected chi connectivity index (χ3v) is 3.15. The number of rotatable bonds is 4. The number of thiophene rings is 1. The van der Waals surface area contributed by atoms with Crippen LogP contribution < -0.4 is 4.90 Å². The summed E-state index contributed by atoms with van der Waals surface area (Å²) in [6.45, 7) is 6.41. The predicted octanol–water partition coefficient (Wildman–Crippen LogP) is 3.36. The van der Waals surface area contributed by atoms with E-state index in [1.807, 2.05) is 0 Å². The summed E-state index contributed by atoms with van der Waals surface area (Å²) in [7, 11) is 0. The van der Waals surface area contributed by atoms with Crippen molar-refractivity contribution in [2.24, 2.45) is 0 Å². The quantitative estimate of drug-likeness (QED) is 0.567. The van der Waals surface area contributed by atoms with Crippen molar-refractivity contribution in [3.05, 3.63) is 16.3 Å². The minimum absolute atomic E-state index is 0.737. The fourth-order valence-electron chi connectivity index (χ4n) is 1.43. The summed E-state index contributed by atoms with van der Waals surface area (Å²) in [6, 6.07) is 2.15. The van der Waals surface area contributed by atoms with Crippen LogP contribution in [-0.2, 0) is 0 Å².